The van der Waals surface area contributed by atoms with E-state index >= 15 is 0 Å². The van der Waals surface area contributed by atoms with Crippen molar-refractivity contribution in [2.75, 3.05) is 39.8 Å². The number of para-hydroxylation sites is 1. The van der Waals surface area contributed by atoms with E-state index in [1.165, 1.54) is 31.2 Å². The second-order valence-corrected chi connectivity index (χ2v) is 7.53. The van der Waals surface area contributed by atoms with Crippen molar-refractivity contribution >= 4 is 6.03 Å². The molecule has 3 rings (SSSR count). The lowest BCUT2D eigenvalue weighted by molar-refractivity contribution is 0.137. The van der Waals surface area contributed by atoms with Crippen molar-refractivity contribution in [3.05, 3.63) is 29.8 Å². The summed E-state index contributed by atoms with van der Waals surface area (Å²) < 4.78 is 5.44. The maximum Gasteiger partial charge on any atom is 0.317 e. The van der Waals surface area contributed by atoms with Crippen molar-refractivity contribution in [3.8, 4) is 5.75 Å². The van der Waals surface area contributed by atoms with Crippen LogP contribution < -0.4 is 10.1 Å². The van der Waals surface area contributed by atoms with Crippen LogP contribution in [0.4, 0.5) is 4.79 Å². The van der Waals surface area contributed by atoms with E-state index in [1.54, 1.807) is 7.11 Å². The molecule has 1 aromatic rings. The molecule has 1 heterocycles. The quantitative estimate of drug-likeness (QED) is 0.821. The number of amides is 2. The number of benzene rings is 1. The first kappa shape index (κ1) is 19.0. The van der Waals surface area contributed by atoms with Crippen LogP contribution in [0.1, 0.15) is 44.1 Å². The molecule has 1 saturated heterocycles. The third-order valence-electron chi connectivity index (χ3n) is 5.73. The van der Waals surface area contributed by atoms with Crippen molar-refractivity contribution in [2.45, 2.75) is 51.0 Å². The van der Waals surface area contributed by atoms with Gasteiger partial charge in [0.05, 0.1) is 7.11 Å². The van der Waals surface area contributed by atoms with Crippen molar-refractivity contribution in [3.63, 3.8) is 0 Å². The van der Waals surface area contributed by atoms with Gasteiger partial charge in [0, 0.05) is 38.8 Å². The van der Waals surface area contributed by atoms with Gasteiger partial charge in [-0.05, 0) is 30.9 Å². The van der Waals surface area contributed by atoms with E-state index in [0.717, 1.165) is 57.7 Å². The summed E-state index contributed by atoms with van der Waals surface area (Å²) in [4.78, 5) is 17.0. The Hall–Kier alpha value is -1.75. The molecule has 2 fully saturated rings. The summed E-state index contributed by atoms with van der Waals surface area (Å²) in [5, 5.41) is 3.27. The SMILES string of the molecule is COc1ccccc1CCN1CCN(C(=O)NC2CCCCCC2)CC1. The predicted octanol–water partition coefficient (Wildman–Crippen LogP) is 3.29. The standard InChI is InChI=1S/C21H33N3O2/c1-26-20-11-7-6-8-18(20)12-13-23-14-16-24(17-15-23)21(25)22-19-9-4-2-3-5-10-19/h6-8,11,19H,2-5,9-10,12-17H2,1H3,(H,22,25). The number of urea groups is 1. The summed E-state index contributed by atoms with van der Waals surface area (Å²) in [7, 11) is 1.73. The van der Waals surface area contributed by atoms with Gasteiger partial charge in [0.15, 0.2) is 0 Å². The van der Waals surface area contributed by atoms with E-state index in [2.05, 4.69) is 22.3 Å². The molecule has 1 N–H and O–H groups in total. The molecule has 5 nitrogen and oxygen atoms in total. The first-order valence-electron chi connectivity index (χ1n) is 10.2. The molecule has 1 saturated carbocycles. The summed E-state index contributed by atoms with van der Waals surface area (Å²) in [5.41, 5.74) is 1.25. The number of carbonyl (C=O) groups excluding carboxylic acids is 1. The molecule has 2 aliphatic rings. The highest BCUT2D eigenvalue weighted by molar-refractivity contribution is 5.74. The Bertz CT molecular complexity index is 562. The third-order valence-corrected chi connectivity index (χ3v) is 5.73. The highest BCUT2D eigenvalue weighted by Gasteiger charge is 2.23. The zero-order valence-electron chi connectivity index (χ0n) is 16.1. The molecule has 144 valence electrons. The lowest BCUT2D eigenvalue weighted by atomic mass is 10.1. The molecule has 1 aliphatic heterocycles. The summed E-state index contributed by atoms with van der Waals surface area (Å²) >= 11 is 0. The predicted molar refractivity (Wildman–Crippen MR) is 105 cm³/mol. The third kappa shape index (κ3) is 5.37. The van der Waals surface area contributed by atoms with E-state index < -0.39 is 0 Å². The van der Waals surface area contributed by atoms with E-state index in [4.69, 9.17) is 4.74 Å². The molecule has 0 spiro atoms. The van der Waals surface area contributed by atoms with Crippen LogP contribution in [0.5, 0.6) is 5.75 Å². The van der Waals surface area contributed by atoms with Gasteiger partial charge in [0.2, 0.25) is 0 Å². The second kappa shape index (κ2) is 9.81. The number of rotatable bonds is 5. The molecular weight excluding hydrogens is 326 g/mol. The smallest absolute Gasteiger partial charge is 0.317 e. The fourth-order valence-electron chi connectivity index (χ4n) is 4.05. The Morgan fingerprint density at radius 3 is 2.46 bits per heavy atom. The zero-order valence-corrected chi connectivity index (χ0v) is 16.1. The van der Waals surface area contributed by atoms with Gasteiger partial charge in [0.1, 0.15) is 5.75 Å². The largest absolute Gasteiger partial charge is 0.496 e. The molecule has 0 atom stereocenters. The summed E-state index contributed by atoms with van der Waals surface area (Å²) in [6, 6.07) is 8.75. The van der Waals surface area contributed by atoms with Gasteiger partial charge in [-0.1, -0.05) is 43.9 Å². The molecule has 0 bridgehead atoms. The fourth-order valence-corrected chi connectivity index (χ4v) is 4.05. The van der Waals surface area contributed by atoms with Crippen LogP contribution in [-0.2, 0) is 6.42 Å². The Morgan fingerprint density at radius 1 is 1.08 bits per heavy atom. The van der Waals surface area contributed by atoms with Crippen LogP contribution in [0.15, 0.2) is 24.3 Å². The Balaban J connectivity index is 1.40. The molecule has 0 radical (unpaired) electrons. The van der Waals surface area contributed by atoms with Crippen LogP contribution >= 0.6 is 0 Å². The molecule has 5 heteroatoms. The highest BCUT2D eigenvalue weighted by Crippen LogP contribution is 2.19. The minimum absolute atomic E-state index is 0.140. The molecule has 1 aliphatic carbocycles. The second-order valence-electron chi connectivity index (χ2n) is 7.53. The van der Waals surface area contributed by atoms with Crippen molar-refractivity contribution < 1.29 is 9.53 Å². The molecule has 1 aromatic carbocycles. The first-order valence-corrected chi connectivity index (χ1v) is 10.2. The number of nitrogens with one attached hydrogen (secondary N) is 1. The Morgan fingerprint density at radius 2 is 1.77 bits per heavy atom. The van der Waals surface area contributed by atoms with E-state index in [-0.39, 0.29) is 6.03 Å². The van der Waals surface area contributed by atoms with Gasteiger partial charge < -0.3 is 15.0 Å². The number of methoxy groups -OCH3 is 1. The summed E-state index contributed by atoms with van der Waals surface area (Å²) in [5.74, 6) is 0.967. The van der Waals surface area contributed by atoms with E-state index in [9.17, 15) is 4.79 Å². The van der Waals surface area contributed by atoms with Gasteiger partial charge in [0.25, 0.3) is 0 Å². The summed E-state index contributed by atoms with van der Waals surface area (Å²) in [6.45, 7) is 4.56. The van der Waals surface area contributed by atoms with Crippen molar-refractivity contribution in [1.82, 2.24) is 15.1 Å². The van der Waals surface area contributed by atoms with Gasteiger partial charge in [-0.25, -0.2) is 4.79 Å². The number of ether oxygens (including phenoxy) is 1. The molecule has 0 aromatic heterocycles. The van der Waals surface area contributed by atoms with Crippen LogP contribution in [0.3, 0.4) is 0 Å². The van der Waals surface area contributed by atoms with E-state index in [0.29, 0.717) is 6.04 Å². The molecular formula is C21H33N3O2. The highest BCUT2D eigenvalue weighted by atomic mass is 16.5. The van der Waals surface area contributed by atoms with Crippen LogP contribution in [0.2, 0.25) is 0 Å². The lowest BCUT2D eigenvalue weighted by Gasteiger charge is -2.35. The molecule has 26 heavy (non-hydrogen) atoms. The maximum absolute atomic E-state index is 12.5. The molecule has 2 amide bonds. The van der Waals surface area contributed by atoms with Gasteiger partial charge >= 0.3 is 6.03 Å². The Kier molecular flexibility index (Phi) is 7.18. The molecule has 0 unspecified atom stereocenters. The monoisotopic (exact) mass is 359 g/mol. The summed E-state index contributed by atoms with van der Waals surface area (Å²) in [6.07, 6.45) is 8.41. The zero-order chi connectivity index (χ0) is 18.2. The Labute approximate surface area is 157 Å². The minimum atomic E-state index is 0.140. The van der Waals surface area contributed by atoms with Gasteiger partial charge in [-0.3, -0.25) is 4.90 Å². The fraction of sp³-hybridized carbons (Fsp3) is 0.667. The van der Waals surface area contributed by atoms with Gasteiger partial charge in [-0.15, -0.1) is 0 Å². The van der Waals surface area contributed by atoms with Gasteiger partial charge in [-0.2, -0.15) is 0 Å². The van der Waals surface area contributed by atoms with Crippen molar-refractivity contribution in [1.29, 1.82) is 0 Å². The van der Waals surface area contributed by atoms with Crippen LogP contribution in [0.25, 0.3) is 0 Å². The minimum Gasteiger partial charge on any atom is -0.496 e. The topological polar surface area (TPSA) is 44.8 Å². The van der Waals surface area contributed by atoms with Crippen LogP contribution in [0, 0.1) is 0 Å². The number of piperazine rings is 1. The van der Waals surface area contributed by atoms with E-state index in [1.807, 2.05) is 17.0 Å². The average molecular weight is 360 g/mol. The number of hydrogen-bond donors (Lipinski definition) is 1. The first-order chi connectivity index (χ1) is 12.8. The number of carbonyl (C=O) groups is 1. The average Bonchev–Trinajstić information content (AvgIpc) is 2.95. The lowest BCUT2D eigenvalue weighted by Crippen LogP contribution is -2.53. The van der Waals surface area contributed by atoms with Crippen LogP contribution in [-0.4, -0.2) is 61.7 Å². The maximum atomic E-state index is 12.5. The number of nitrogens with zero attached hydrogens (tertiary/aromatic N) is 2. The number of hydrogen-bond acceptors (Lipinski definition) is 3. The van der Waals surface area contributed by atoms with Crippen molar-refractivity contribution in [2.24, 2.45) is 0 Å². The normalized spacial score (nSPS) is 19.8.